The van der Waals surface area contributed by atoms with Gasteiger partial charge < -0.3 is 20.0 Å². The molecule has 1 saturated carbocycles. The number of carbonyl (C=O) groups is 2. The summed E-state index contributed by atoms with van der Waals surface area (Å²) in [5.41, 5.74) is 3.37. The quantitative estimate of drug-likeness (QED) is 0.735. The molecule has 1 atom stereocenters. The molecule has 0 spiro atoms. The normalized spacial score (nSPS) is 21.9. The second kappa shape index (κ2) is 9.78. The van der Waals surface area contributed by atoms with Crippen molar-refractivity contribution in [3.63, 3.8) is 0 Å². The number of likely N-dealkylation sites (N-methyl/N-ethyl adjacent to an activating group) is 1. The fourth-order valence-electron chi connectivity index (χ4n) is 5.13. The molecule has 182 valence electrons. The lowest BCUT2D eigenvalue weighted by molar-refractivity contribution is -0.117. The van der Waals surface area contributed by atoms with E-state index in [1.54, 1.807) is 4.68 Å². The SMILES string of the molecule is CN1CCN(C(=O)c2ccc(NC(=O)C3CC3)cc2N2CCCCCC2)C(c2ccn(C)n2)C1. The number of amides is 2. The molecule has 1 unspecified atom stereocenters. The van der Waals surface area contributed by atoms with Gasteiger partial charge in [0.15, 0.2) is 0 Å². The van der Waals surface area contributed by atoms with Crippen LogP contribution in [0.15, 0.2) is 30.5 Å². The highest BCUT2D eigenvalue weighted by atomic mass is 16.2. The van der Waals surface area contributed by atoms with Gasteiger partial charge in [-0.3, -0.25) is 14.3 Å². The molecule has 2 aliphatic heterocycles. The Balaban J connectivity index is 1.47. The summed E-state index contributed by atoms with van der Waals surface area (Å²) >= 11 is 0. The fourth-order valence-corrected chi connectivity index (χ4v) is 5.13. The third kappa shape index (κ3) is 4.97. The van der Waals surface area contributed by atoms with Crippen LogP contribution < -0.4 is 10.2 Å². The maximum atomic E-state index is 14.1. The first-order valence-corrected chi connectivity index (χ1v) is 12.7. The van der Waals surface area contributed by atoms with Crippen LogP contribution in [0, 0.1) is 5.92 Å². The Morgan fingerprint density at radius 3 is 2.41 bits per heavy atom. The largest absolute Gasteiger partial charge is 0.371 e. The highest BCUT2D eigenvalue weighted by Crippen LogP contribution is 2.34. The number of rotatable bonds is 5. The Kier molecular flexibility index (Phi) is 6.59. The minimum Gasteiger partial charge on any atom is -0.371 e. The standard InChI is InChI=1S/C26H36N6O2/c1-29-15-16-32(24(18-29)22-11-14-30(2)28-22)26(34)21-10-9-20(27-25(33)19-7-8-19)17-23(21)31-12-5-3-4-6-13-31/h9-11,14,17,19,24H,3-8,12-13,15-16,18H2,1-2H3,(H,27,33). The summed E-state index contributed by atoms with van der Waals surface area (Å²) in [7, 11) is 4.01. The topological polar surface area (TPSA) is 73.7 Å². The predicted molar refractivity (Wildman–Crippen MR) is 133 cm³/mol. The molecule has 2 saturated heterocycles. The lowest BCUT2D eigenvalue weighted by Crippen LogP contribution is -2.49. The second-order valence-electron chi connectivity index (χ2n) is 10.1. The van der Waals surface area contributed by atoms with Crippen LogP contribution in [0.3, 0.4) is 0 Å². The molecule has 5 rings (SSSR count). The van der Waals surface area contributed by atoms with Crippen LogP contribution in [0.5, 0.6) is 0 Å². The highest BCUT2D eigenvalue weighted by molar-refractivity contribution is 6.02. The summed E-state index contributed by atoms with van der Waals surface area (Å²) in [6.45, 7) is 4.14. The van der Waals surface area contributed by atoms with Crippen LogP contribution in [0.1, 0.15) is 60.6 Å². The molecule has 1 aromatic carbocycles. The third-order valence-corrected chi connectivity index (χ3v) is 7.31. The summed E-state index contributed by atoms with van der Waals surface area (Å²) in [6, 6.07) is 7.75. The van der Waals surface area contributed by atoms with Crippen molar-refractivity contribution in [2.45, 2.75) is 44.6 Å². The number of aromatic nitrogens is 2. The van der Waals surface area contributed by atoms with Crippen molar-refractivity contribution < 1.29 is 9.59 Å². The van der Waals surface area contributed by atoms with Crippen molar-refractivity contribution in [1.82, 2.24) is 19.6 Å². The van der Waals surface area contributed by atoms with E-state index in [0.29, 0.717) is 6.54 Å². The molecule has 3 heterocycles. The smallest absolute Gasteiger partial charge is 0.256 e. The predicted octanol–water partition coefficient (Wildman–Crippen LogP) is 3.28. The number of aryl methyl sites for hydroxylation is 1. The van der Waals surface area contributed by atoms with Crippen LogP contribution in [0.4, 0.5) is 11.4 Å². The first-order valence-electron chi connectivity index (χ1n) is 12.7. The van der Waals surface area contributed by atoms with Gasteiger partial charge >= 0.3 is 0 Å². The van der Waals surface area contributed by atoms with E-state index in [-0.39, 0.29) is 23.8 Å². The zero-order chi connectivity index (χ0) is 23.7. The summed E-state index contributed by atoms with van der Waals surface area (Å²) in [4.78, 5) is 33.1. The molecule has 34 heavy (non-hydrogen) atoms. The third-order valence-electron chi connectivity index (χ3n) is 7.31. The van der Waals surface area contributed by atoms with Crippen molar-refractivity contribution in [3.8, 4) is 0 Å². The van der Waals surface area contributed by atoms with Gasteiger partial charge in [0.05, 0.1) is 23.0 Å². The number of hydrogen-bond donors (Lipinski definition) is 1. The summed E-state index contributed by atoms with van der Waals surface area (Å²) in [5, 5.41) is 7.71. The molecule has 1 N–H and O–H groups in total. The maximum absolute atomic E-state index is 14.1. The number of benzene rings is 1. The van der Waals surface area contributed by atoms with Gasteiger partial charge in [0, 0.05) is 57.6 Å². The van der Waals surface area contributed by atoms with Crippen LogP contribution in [-0.2, 0) is 11.8 Å². The van der Waals surface area contributed by atoms with Crippen molar-refractivity contribution in [2.75, 3.05) is 50.0 Å². The van der Waals surface area contributed by atoms with Gasteiger partial charge in [0.1, 0.15) is 0 Å². The molecule has 8 heteroatoms. The van der Waals surface area contributed by atoms with Crippen LogP contribution >= 0.6 is 0 Å². The van der Waals surface area contributed by atoms with Gasteiger partial charge in [-0.25, -0.2) is 0 Å². The van der Waals surface area contributed by atoms with E-state index in [9.17, 15) is 9.59 Å². The molecule has 0 radical (unpaired) electrons. The number of carbonyl (C=O) groups excluding carboxylic acids is 2. The minimum absolute atomic E-state index is 0.0445. The monoisotopic (exact) mass is 464 g/mol. The second-order valence-corrected chi connectivity index (χ2v) is 10.1. The summed E-state index contributed by atoms with van der Waals surface area (Å²) in [5.74, 6) is 0.283. The van der Waals surface area contributed by atoms with Gasteiger partial charge in [-0.1, -0.05) is 12.8 Å². The Morgan fingerprint density at radius 2 is 1.74 bits per heavy atom. The number of anilines is 2. The van der Waals surface area contributed by atoms with Gasteiger partial charge in [0.25, 0.3) is 5.91 Å². The highest BCUT2D eigenvalue weighted by Gasteiger charge is 2.34. The van der Waals surface area contributed by atoms with Crippen molar-refractivity contribution in [1.29, 1.82) is 0 Å². The van der Waals surface area contributed by atoms with Gasteiger partial charge in [-0.15, -0.1) is 0 Å². The van der Waals surface area contributed by atoms with Crippen LogP contribution in [0.2, 0.25) is 0 Å². The number of nitrogens with one attached hydrogen (secondary N) is 1. The molecule has 3 fully saturated rings. The molecule has 8 nitrogen and oxygen atoms in total. The van der Waals surface area contributed by atoms with Crippen LogP contribution in [0.25, 0.3) is 0 Å². The summed E-state index contributed by atoms with van der Waals surface area (Å²) in [6.07, 6.45) is 8.57. The fraction of sp³-hybridized carbons (Fsp3) is 0.577. The van der Waals surface area contributed by atoms with E-state index in [1.165, 1.54) is 12.8 Å². The van der Waals surface area contributed by atoms with E-state index in [4.69, 9.17) is 0 Å². The van der Waals surface area contributed by atoms with Gasteiger partial charge in [-0.05, 0) is 57.0 Å². The van der Waals surface area contributed by atoms with Gasteiger partial charge in [-0.2, -0.15) is 5.10 Å². The van der Waals surface area contributed by atoms with Crippen LogP contribution in [-0.4, -0.2) is 71.2 Å². The molecule has 3 aliphatic rings. The van der Waals surface area contributed by atoms with E-state index < -0.39 is 0 Å². The van der Waals surface area contributed by atoms with Crippen molar-refractivity contribution in [2.24, 2.45) is 13.0 Å². The average molecular weight is 465 g/mol. The number of piperazine rings is 1. The van der Waals surface area contributed by atoms with E-state index >= 15 is 0 Å². The van der Waals surface area contributed by atoms with Gasteiger partial charge in [0.2, 0.25) is 5.91 Å². The van der Waals surface area contributed by atoms with E-state index in [2.05, 4.69) is 27.3 Å². The Morgan fingerprint density at radius 1 is 0.971 bits per heavy atom. The Hall–Kier alpha value is -2.87. The molecule has 1 aromatic heterocycles. The first kappa shape index (κ1) is 22.9. The van der Waals surface area contributed by atoms with Crippen molar-refractivity contribution >= 4 is 23.2 Å². The molecule has 2 aromatic rings. The lowest BCUT2D eigenvalue weighted by atomic mass is 10.0. The zero-order valence-electron chi connectivity index (χ0n) is 20.4. The zero-order valence-corrected chi connectivity index (χ0v) is 20.4. The number of nitrogens with zero attached hydrogens (tertiary/aromatic N) is 5. The molecular formula is C26H36N6O2. The Bertz CT molecular complexity index is 1040. The lowest BCUT2D eigenvalue weighted by Gasteiger charge is -2.40. The Labute approximate surface area is 201 Å². The van der Waals surface area contributed by atoms with E-state index in [0.717, 1.165) is 74.5 Å². The minimum atomic E-state index is -0.0846. The molecule has 2 amide bonds. The first-order chi connectivity index (χ1) is 16.5. The number of hydrogen-bond acceptors (Lipinski definition) is 5. The average Bonchev–Trinajstić information content (AvgIpc) is 3.64. The molecule has 0 bridgehead atoms. The summed E-state index contributed by atoms with van der Waals surface area (Å²) < 4.78 is 1.80. The van der Waals surface area contributed by atoms with E-state index in [1.807, 2.05) is 42.4 Å². The maximum Gasteiger partial charge on any atom is 0.256 e. The molecular weight excluding hydrogens is 428 g/mol. The van der Waals surface area contributed by atoms with Crippen molar-refractivity contribution in [3.05, 3.63) is 41.7 Å². The molecule has 1 aliphatic carbocycles.